The number of hydrogen-bond acceptors (Lipinski definition) is 3. The monoisotopic (exact) mass is 243 g/mol. The number of methoxy groups -OCH3 is 1. The molecule has 1 fully saturated rings. The van der Waals surface area contributed by atoms with Gasteiger partial charge in [0.05, 0.1) is 23.9 Å². The van der Waals surface area contributed by atoms with Gasteiger partial charge < -0.3 is 9.14 Å². The Hall–Kier alpha value is -2.10. The molecule has 0 radical (unpaired) electrons. The molecule has 3 rings (SSSR count). The van der Waals surface area contributed by atoms with Crippen molar-refractivity contribution in [2.75, 3.05) is 7.11 Å². The van der Waals surface area contributed by atoms with Crippen molar-refractivity contribution in [3.8, 4) is 0 Å². The largest absolute Gasteiger partial charge is 0.465 e. The second-order valence-corrected chi connectivity index (χ2v) is 4.53. The van der Waals surface area contributed by atoms with E-state index >= 15 is 0 Å². The van der Waals surface area contributed by atoms with E-state index in [-0.39, 0.29) is 11.7 Å². The van der Waals surface area contributed by atoms with Crippen LogP contribution in [0.1, 0.15) is 33.7 Å². The highest BCUT2D eigenvalue weighted by molar-refractivity contribution is 6.05. The number of pyridine rings is 1. The topological polar surface area (TPSA) is 47.8 Å². The zero-order valence-electron chi connectivity index (χ0n) is 10.1. The summed E-state index contributed by atoms with van der Waals surface area (Å²) in [6.45, 7) is 0. The SMILES string of the molecule is COC(=O)c1cc(C(=O)C2CC2)n2ccccc12. The van der Waals surface area contributed by atoms with Gasteiger partial charge in [0.1, 0.15) is 0 Å². The summed E-state index contributed by atoms with van der Waals surface area (Å²) in [5.74, 6) is -0.159. The van der Waals surface area contributed by atoms with Gasteiger partial charge >= 0.3 is 5.97 Å². The molecule has 0 N–H and O–H groups in total. The molecule has 2 aromatic rings. The van der Waals surface area contributed by atoms with Crippen molar-refractivity contribution in [1.82, 2.24) is 4.40 Å². The van der Waals surface area contributed by atoms with Crippen LogP contribution in [0.2, 0.25) is 0 Å². The smallest absolute Gasteiger partial charge is 0.340 e. The minimum atomic E-state index is -0.409. The number of nitrogens with zero attached hydrogens (tertiary/aromatic N) is 1. The van der Waals surface area contributed by atoms with E-state index in [0.29, 0.717) is 16.8 Å². The molecule has 1 aliphatic carbocycles. The summed E-state index contributed by atoms with van der Waals surface area (Å²) < 4.78 is 6.52. The van der Waals surface area contributed by atoms with Crippen LogP contribution in [-0.4, -0.2) is 23.3 Å². The fraction of sp³-hybridized carbons (Fsp3) is 0.286. The highest BCUT2D eigenvalue weighted by Gasteiger charge is 2.33. The van der Waals surface area contributed by atoms with Gasteiger partial charge in [-0.3, -0.25) is 4.79 Å². The van der Waals surface area contributed by atoms with Gasteiger partial charge in [0.25, 0.3) is 0 Å². The van der Waals surface area contributed by atoms with Gasteiger partial charge in [-0.1, -0.05) is 6.07 Å². The number of carbonyl (C=O) groups is 2. The van der Waals surface area contributed by atoms with Crippen molar-refractivity contribution in [2.24, 2.45) is 5.92 Å². The van der Waals surface area contributed by atoms with E-state index in [4.69, 9.17) is 4.74 Å². The van der Waals surface area contributed by atoms with Crippen LogP contribution in [0.15, 0.2) is 30.5 Å². The third-order valence-corrected chi connectivity index (χ3v) is 3.28. The van der Waals surface area contributed by atoms with Crippen LogP contribution in [0, 0.1) is 5.92 Å². The molecule has 0 amide bonds. The number of Topliss-reactive ketones (excluding diaryl/α,β-unsaturated/α-hetero) is 1. The fourth-order valence-corrected chi connectivity index (χ4v) is 2.17. The second-order valence-electron chi connectivity index (χ2n) is 4.53. The summed E-state index contributed by atoms with van der Waals surface area (Å²) in [4.78, 5) is 23.9. The van der Waals surface area contributed by atoms with Crippen molar-refractivity contribution in [2.45, 2.75) is 12.8 Å². The van der Waals surface area contributed by atoms with Crippen LogP contribution in [0.5, 0.6) is 0 Å². The molecule has 0 saturated heterocycles. The van der Waals surface area contributed by atoms with Gasteiger partial charge in [0, 0.05) is 12.1 Å². The first-order valence-electron chi connectivity index (χ1n) is 5.95. The number of hydrogen-bond donors (Lipinski definition) is 0. The number of ketones is 1. The molecule has 92 valence electrons. The molecular weight excluding hydrogens is 230 g/mol. The van der Waals surface area contributed by atoms with E-state index in [9.17, 15) is 9.59 Å². The van der Waals surface area contributed by atoms with E-state index in [0.717, 1.165) is 12.8 Å². The van der Waals surface area contributed by atoms with E-state index in [2.05, 4.69) is 0 Å². The summed E-state index contributed by atoms with van der Waals surface area (Å²) >= 11 is 0. The lowest BCUT2D eigenvalue weighted by Crippen LogP contribution is -2.04. The van der Waals surface area contributed by atoms with Crippen molar-refractivity contribution < 1.29 is 14.3 Å². The van der Waals surface area contributed by atoms with E-state index in [1.807, 2.05) is 18.2 Å². The highest BCUT2D eigenvalue weighted by Crippen LogP contribution is 2.33. The average molecular weight is 243 g/mol. The number of esters is 1. The maximum absolute atomic E-state index is 12.2. The van der Waals surface area contributed by atoms with Gasteiger partial charge in [-0.15, -0.1) is 0 Å². The molecule has 1 aliphatic rings. The summed E-state index contributed by atoms with van der Waals surface area (Å²) in [6.07, 6.45) is 3.70. The molecule has 0 spiro atoms. The Balaban J connectivity index is 2.19. The Labute approximate surface area is 104 Å². The number of aromatic nitrogens is 1. The Morgan fingerprint density at radius 1 is 1.33 bits per heavy atom. The van der Waals surface area contributed by atoms with Crippen LogP contribution in [0.25, 0.3) is 5.52 Å². The number of rotatable bonds is 3. The lowest BCUT2D eigenvalue weighted by Gasteiger charge is -2.00. The van der Waals surface area contributed by atoms with Crippen LogP contribution in [0.3, 0.4) is 0 Å². The minimum Gasteiger partial charge on any atom is -0.465 e. The van der Waals surface area contributed by atoms with Crippen LogP contribution < -0.4 is 0 Å². The molecule has 4 nitrogen and oxygen atoms in total. The zero-order chi connectivity index (χ0) is 12.7. The summed E-state index contributed by atoms with van der Waals surface area (Å²) in [6, 6.07) is 7.14. The predicted molar refractivity (Wildman–Crippen MR) is 65.8 cm³/mol. The number of ether oxygens (including phenoxy) is 1. The summed E-state index contributed by atoms with van der Waals surface area (Å²) in [7, 11) is 1.34. The Morgan fingerprint density at radius 3 is 2.78 bits per heavy atom. The Bertz CT molecular complexity index is 638. The van der Waals surface area contributed by atoms with Crippen LogP contribution in [-0.2, 0) is 4.74 Å². The maximum atomic E-state index is 12.2. The number of fused-ring (bicyclic) bond motifs is 1. The molecule has 0 aromatic carbocycles. The molecule has 2 aromatic heterocycles. The lowest BCUT2D eigenvalue weighted by atomic mass is 10.2. The molecule has 0 aliphatic heterocycles. The first-order valence-corrected chi connectivity index (χ1v) is 5.95. The molecular formula is C14H13NO3. The van der Waals surface area contributed by atoms with Crippen molar-refractivity contribution >= 4 is 17.3 Å². The van der Waals surface area contributed by atoms with Gasteiger partial charge in [-0.25, -0.2) is 4.79 Å². The Kier molecular flexibility index (Phi) is 2.44. The van der Waals surface area contributed by atoms with Crippen molar-refractivity contribution in [3.63, 3.8) is 0 Å². The minimum absolute atomic E-state index is 0.117. The van der Waals surface area contributed by atoms with Gasteiger partial charge in [-0.2, -0.15) is 0 Å². The highest BCUT2D eigenvalue weighted by atomic mass is 16.5. The number of carbonyl (C=O) groups excluding carboxylic acids is 2. The molecule has 0 bridgehead atoms. The molecule has 18 heavy (non-hydrogen) atoms. The fourth-order valence-electron chi connectivity index (χ4n) is 2.17. The van der Waals surface area contributed by atoms with E-state index in [1.54, 1.807) is 16.7 Å². The third kappa shape index (κ3) is 1.61. The molecule has 4 heteroatoms. The van der Waals surface area contributed by atoms with Crippen LogP contribution >= 0.6 is 0 Å². The predicted octanol–water partition coefficient (Wildman–Crippen LogP) is 2.32. The van der Waals surface area contributed by atoms with Gasteiger partial charge in [0.15, 0.2) is 5.78 Å². The third-order valence-electron chi connectivity index (χ3n) is 3.28. The van der Waals surface area contributed by atoms with Crippen molar-refractivity contribution in [3.05, 3.63) is 41.7 Å². The molecule has 2 heterocycles. The van der Waals surface area contributed by atoms with Crippen LogP contribution in [0.4, 0.5) is 0 Å². The normalized spacial score (nSPS) is 14.7. The first-order chi connectivity index (χ1) is 8.72. The molecule has 1 saturated carbocycles. The summed E-state index contributed by atoms with van der Waals surface area (Å²) in [5, 5.41) is 0. The van der Waals surface area contributed by atoms with Gasteiger partial charge in [-0.05, 0) is 31.0 Å². The first kappa shape index (κ1) is 11.0. The average Bonchev–Trinajstić information content (AvgIpc) is 3.18. The maximum Gasteiger partial charge on any atom is 0.340 e. The summed E-state index contributed by atoms with van der Waals surface area (Å²) in [5.41, 5.74) is 1.74. The van der Waals surface area contributed by atoms with Crippen molar-refractivity contribution in [1.29, 1.82) is 0 Å². The lowest BCUT2D eigenvalue weighted by molar-refractivity contribution is 0.0603. The molecule has 0 unspecified atom stereocenters. The Morgan fingerprint density at radius 2 is 2.11 bits per heavy atom. The standard InChI is InChI=1S/C14H13NO3/c1-18-14(17)10-8-12(13(16)9-5-6-9)15-7-3-2-4-11(10)15/h2-4,7-9H,5-6H2,1H3. The zero-order valence-corrected chi connectivity index (χ0v) is 10.1. The van der Waals surface area contributed by atoms with Gasteiger partial charge in [0.2, 0.25) is 0 Å². The quantitative estimate of drug-likeness (QED) is 0.614. The second kappa shape index (κ2) is 3.98. The van der Waals surface area contributed by atoms with E-state index < -0.39 is 5.97 Å². The van der Waals surface area contributed by atoms with E-state index in [1.165, 1.54) is 7.11 Å². The molecule has 0 atom stereocenters.